The molecular weight excluding hydrogens is 510 g/mol. The zero-order valence-corrected chi connectivity index (χ0v) is 16.7. The Balaban J connectivity index is 2.77. The molecule has 0 aromatic carbocycles. The second-order valence-electron chi connectivity index (χ2n) is 3.38. The molecule has 18 heavy (non-hydrogen) atoms. The van der Waals surface area contributed by atoms with Crippen LogP contribution < -0.4 is 3.58 Å². The number of halogens is 4. The van der Waals surface area contributed by atoms with Gasteiger partial charge in [0.2, 0.25) is 0 Å². The van der Waals surface area contributed by atoms with E-state index in [1.807, 2.05) is 6.07 Å². The molecule has 92 valence electrons. The van der Waals surface area contributed by atoms with Gasteiger partial charge in [-0.15, -0.1) is 0 Å². The van der Waals surface area contributed by atoms with E-state index in [4.69, 9.17) is 23.2 Å². The van der Waals surface area contributed by atoms with Gasteiger partial charge in [0.1, 0.15) is 0 Å². The Labute approximate surface area is 142 Å². The molecule has 2 nitrogen and oxygen atoms in total. The Morgan fingerprint density at radius 1 is 1.11 bits per heavy atom. The summed E-state index contributed by atoms with van der Waals surface area (Å²) in [4.78, 5) is 10.4. The number of aromatic nitrogens is 2. The third-order valence-corrected chi connectivity index (χ3v) is 7.32. The SMILES string of the molecule is [CH3][Sn][c]1c(Cl)ncc(Br)c1-c1cc(Cl)ncc1Br. The van der Waals surface area contributed by atoms with E-state index in [0.29, 0.717) is 10.3 Å². The summed E-state index contributed by atoms with van der Waals surface area (Å²) >= 11 is 18.5. The maximum absolute atomic E-state index is 6.19. The number of hydrogen-bond acceptors (Lipinski definition) is 2. The van der Waals surface area contributed by atoms with Crippen molar-refractivity contribution in [2.45, 2.75) is 4.94 Å². The number of hydrogen-bond donors (Lipinski definition) is 0. The van der Waals surface area contributed by atoms with E-state index in [2.05, 4.69) is 46.8 Å². The first kappa shape index (κ1) is 15.0. The van der Waals surface area contributed by atoms with Crippen LogP contribution in [0.3, 0.4) is 0 Å². The minimum absolute atomic E-state index is 0.459. The Morgan fingerprint density at radius 3 is 2.44 bits per heavy atom. The van der Waals surface area contributed by atoms with Crippen LogP contribution in [-0.4, -0.2) is 31.1 Å². The molecule has 2 heterocycles. The summed E-state index contributed by atoms with van der Waals surface area (Å²) in [7, 11) is 0. The van der Waals surface area contributed by atoms with E-state index in [9.17, 15) is 0 Å². The Kier molecular flexibility index (Phi) is 5.34. The van der Waals surface area contributed by atoms with Gasteiger partial charge in [-0.25, -0.2) is 0 Å². The Morgan fingerprint density at radius 2 is 1.78 bits per heavy atom. The third kappa shape index (κ3) is 3.03. The molecule has 0 aliphatic heterocycles. The predicted octanol–water partition coefficient (Wildman–Crippen LogP) is 4.35. The van der Waals surface area contributed by atoms with E-state index in [0.717, 1.165) is 23.7 Å². The van der Waals surface area contributed by atoms with Gasteiger partial charge < -0.3 is 0 Å². The van der Waals surface area contributed by atoms with Gasteiger partial charge in [-0.1, -0.05) is 0 Å². The van der Waals surface area contributed by atoms with Crippen LogP contribution in [0.2, 0.25) is 15.2 Å². The number of nitrogens with zero attached hydrogens (tertiary/aromatic N) is 2. The molecule has 0 amide bonds. The zero-order chi connectivity index (χ0) is 13.3. The molecule has 2 radical (unpaired) electrons. The summed E-state index contributed by atoms with van der Waals surface area (Å²) < 4.78 is 2.97. The van der Waals surface area contributed by atoms with Crippen molar-refractivity contribution < 1.29 is 0 Å². The standard InChI is InChI=1S/C10H3Br2Cl2N2.CH3.Sn/c11-7-3-15-9(13)1-5(7)6-2-10(14)16-4-8(6)12;;/h1,3-4H;1H3;. The van der Waals surface area contributed by atoms with E-state index in [-0.39, 0.29) is 0 Å². The first-order valence-corrected chi connectivity index (χ1v) is 11.5. The second kappa shape index (κ2) is 6.39. The summed E-state index contributed by atoms with van der Waals surface area (Å²) in [6, 6.07) is 1.83. The zero-order valence-electron chi connectivity index (χ0n) is 9.14. The fourth-order valence-corrected chi connectivity index (χ4v) is 6.20. The van der Waals surface area contributed by atoms with Crippen molar-refractivity contribution in [3.05, 3.63) is 37.7 Å². The first-order chi connectivity index (χ1) is 8.54. The molecular formula is C11H6Br2Cl2N2Sn. The van der Waals surface area contributed by atoms with Crippen molar-refractivity contribution in [1.29, 1.82) is 0 Å². The van der Waals surface area contributed by atoms with Gasteiger partial charge in [0, 0.05) is 0 Å². The van der Waals surface area contributed by atoms with Crippen LogP contribution in [0.25, 0.3) is 11.1 Å². The van der Waals surface area contributed by atoms with Gasteiger partial charge in [0.05, 0.1) is 0 Å². The van der Waals surface area contributed by atoms with Crippen LogP contribution >= 0.6 is 55.1 Å². The molecule has 0 unspecified atom stereocenters. The van der Waals surface area contributed by atoms with Gasteiger partial charge in [0.15, 0.2) is 0 Å². The number of pyridine rings is 2. The molecule has 0 saturated heterocycles. The normalized spacial score (nSPS) is 10.7. The molecule has 0 bridgehead atoms. The van der Waals surface area contributed by atoms with Crippen LogP contribution in [0.15, 0.2) is 27.4 Å². The molecule has 0 spiro atoms. The molecule has 7 heteroatoms. The van der Waals surface area contributed by atoms with Crippen molar-refractivity contribution in [3.63, 3.8) is 0 Å². The summed E-state index contributed by atoms with van der Waals surface area (Å²) in [5.41, 5.74) is 2.06. The topological polar surface area (TPSA) is 25.8 Å². The molecule has 0 saturated carbocycles. The Hall–Kier alpha value is 0.639. The van der Waals surface area contributed by atoms with Gasteiger partial charge in [-0.2, -0.15) is 0 Å². The molecule has 2 aromatic heterocycles. The molecule has 0 aliphatic carbocycles. The van der Waals surface area contributed by atoms with Gasteiger partial charge >= 0.3 is 144 Å². The molecule has 2 aromatic rings. The van der Waals surface area contributed by atoms with Crippen molar-refractivity contribution in [1.82, 2.24) is 9.97 Å². The van der Waals surface area contributed by atoms with Crippen LogP contribution in [0.5, 0.6) is 0 Å². The molecule has 0 fully saturated rings. The molecule has 0 N–H and O–H groups in total. The van der Waals surface area contributed by atoms with E-state index in [1.165, 1.54) is 0 Å². The molecule has 0 atom stereocenters. The van der Waals surface area contributed by atoms with Crippen LogP contribution in [-0.2, 0) is 0 Å². The Bertz CT molecular complexity index is 608. The van der Waals surface area contributed by atoms with E-state index in [1.54, 1.807) is 12.4 Å². The van der Waals surface area contributed by atoms with Crippen LogP contribution in [0, 0.1) is 0 Å². The van der Waals surface area contributed by atoms with Crippen LogP contribution in [0.4, 0.5) is 0 Å². The third-order valence-electron chi connectivity index (χ3n) is 2.33. The van der Waals surface area contributed by atoms with Gasteiger partial charge in [0.25, 0.3) is 0 Å². The quantitative estimate of drug-likeness (QED) is 0.439. The average molecular weight is 516 g/mol. The van der Waals surface area contributed by atoms with Crippen LogP contribution in [0.1, 0.15) is 0 Å². The fraction of sp³-hybridized carbons (Fsp3) is 0.0909. The van der Waals surface area contributed by atoms with E-state index < -0.39 is 21.1 Å². The van der Waals surface area contributed by atoms with Crippen molar-refractivity contribution in [2.24, 2.45) is 0 Å². The maximum atomic E-state index is 6.19. The monoisotopic (exact) mass is 514 g/mol. The molecule has 0 aliphatic rings. The van der Waals surface area contributed by atoms with E-state index >= 15 is 0 Å². The minimum atomic E-state index is -0.750. The predicted molar refractivity (Wildman–Crippen MR) is 84.1 cm³/mol. The summed E-state index contributed by atoms with van der Waals surface area (Å²) in [6.45, 7) is 0. The van der Waals surface area contributed by atoms with Gasteiger partial charge in [-0.05, 0) is 0 Å². The van der Waals surface area contributed by atoms with Gasteiger partial charge in [-0.3, -0.25) is 0 Å². The summed E-state index contributed by atoms with van der Waals surface area (Å²) in [6.07, 6.45) is 3.42. The fourth-order valence-electron chi connectivity index (χ4n) is 1.56. The first-order valence-electron chi connectivity index (χ1n) is 4.87. The van der Waals surface area contributed by atoms with Crippen molar-refractivity contribution in [2.75, 3.05) is 0 Å². The molecule has 2 rings (SSSR count). The second-order valence-corrected chi connectivity index (χ2v) is 8.69. The summed E-state index contributed by atoms with van der Waals surface area (Å²) in [5, 5.41) is 1.04. The average Bonchev–Trinajstić information content (AvgIpc) is 2.35. The number of rotatable bonds is 2. The summed E-state index contributed by atoms with van der Waals surface area (Å²) in [5.74, 6) is 0. The van der Waals surface area contributed by atoms with Crippen molar-refractivity contribution >= 4 is 79.8 Å². The van der Waals surface area contributed by atoms with Crippen molar-refractivity contribution in [3.8, 4) is 11.1 Å².